The topological polar surface area (TPSA) is 136 Å². The number of nitrogens with zero attached hydrogens (tertiary/aromatic N) is 7. The lowest BCUT2D eigenvalue weighted by Gasteiger charge is -2.17. The Labute approximate surface area is 245 Å². The number of pyridine rings is 1. The van der Waals surface area contributed by atoms with E-state index in [4.69, 9.17) is 16.3 Å². The molecule has 12 nitrogen and oxygen atoms in total. The molecule has 0 saturated heterocycles. The summed E-state index contributed by atoms with van der Waals surface area (Å²) in [6, 6.07) is 16.1. The molecule has 0 bridgehead atoms. The van der Waals surface area contributed by atoms with Crippen molar-refractivity contribution in [3.63, 3.8) is 0 Å². The molecule has 0 fully saturated rings. The van der Waals surface area contributed by atoms with Crippen LogP contribution in [0.3, 0.4) is 0 Å². The quantitative estimate of drug-likeness (QED) is 0.279. The molecule has 214 valence electrons. The number of H-pyrrole nitrogens is 1. The number of aromatic amines is 1. The molecule has 2 aromatic carbocycles. The number of benzene rings is 2. The van der Waals surface area contributed by atoms with Crippen molar-refractivity contribution >= 4 is 23.3 Å². The predicted molar refractivity (Wildman–Crippen MR) is 158 cm³/mol. The van der Waals surface area contributed by atoms with Crippen molar-refractivity contribution < 1.29 is 9.53 Å². The third kappa shape index (κ3) is 5.41. The average Bonchev–Trinajstić information content (AvgIpc) is 3.77. The van der Waals surface area contributed by atoms with Crippen molar-refractivity contribution in [2.45, 2.75) is 18.9 Å². The molecule has 0 saturated carbocycles. The number of nitrogens with one attached hydrogen (secondary N) is 2. The van der Waals surface area contributed by atoms with Crippen LogP contribution in [0, 0.1) is 0 Å². The monoisotopic (exact) mass is 585 g/mol. The first kappa shape index (κ1) is 27.4. The summed E-state index contributed by atoms with van der Waals surface area (Å²) in [6.45, 7) is 0.961. The van der Waals surface area contributed by atoms with E-state index in [2.05, 4.69) is 30.8 Å². The Balaban J connectivity index is 1.22. The molecule has 0 spiro atoms. The van der Waals surface area contributed by atoms with Crippen molar-refractivity contribution in [1.82, 2.24) is 39.6 Å². The van der Waals surface area contributed by atoms with Crippen LogP contribution in [-0.2, 0) is 11.2 Å². The highest BCUT2D eigenvalue weighted by Crippen LogP contribution is 2.34. The van der Waals surface area contributed by atoms with E-state index in [1.165, 1.54) is 6.33 Å². The minimum absolute atomic E-state index is 0.124. The van der Waals surface area contributed by atoms with Gasteiger partial charge in [0.15, 0.2) is 0 Å². The van der Waals surface area contributed by atoms with Crippen LogP contribution >= 0.6 is 11.6 Å². The number of carbonyl (C=O) groups is 1. The van der Waals surface area contributed by atoms with Gasteiger partial charge in [0.25, 0.3) is 5.56 Å². The smallest absolute Gasteiger partial charge is 0.321 e. The zero-order valence-corrected chi connectivity index (χ0v) is 23.7. The highest BCUT2D eigenvalue weighted by molar-refractivity contribution is 6.31. The number of halogens is 1. The average molecular weight is 586 g/mol. The number of aryl methyl sites for hydroxylation is 1. The second kappa shape index (κ2) is 11.6. The summed E-state index contributed by atoms with van der Waals surface area (Å²) >= 11 is 6.32. The van der Waals surface area contributed by atoms with Crippen LogP contribution in [0.5, 0.6) is 0 Å². The molecule has 42 heavy (non-hydrogen) atoms. The van der Waals surface area contributed by atoms with Crippen LogP contribution in [0.25, 0.3) is 28.1 Å². The highest BCUT2D eigenvalue weighted by atomic mass is 35.5. The molecule has 2 amide bonds. The van der Waals surface area contributed by atoms with Crippen molar-refractivity contribution in [2.24, 2.45) is 0 Å². The number of amides is 2. The predicted octanol–water partition coefficient (Wildman–Crippen LogP) is 4.18. The van der Waals surface area contributed by atoms with Crippen LogP contribution in [0.4, 0.5) is 10.5 Å². The van der Waals surface area contributed by atoms with Crippen LogP contribution in [-0.4, -0.2) is 73.0 Å². The SMILES string of the molecule is COCCN(C)C(=O)Nc1ccc(-c2cnc([C@@H]3CCc4cc(-c5cc(Cl)ccc5-n5cnnn5)cc(=O)n43)[nH]2)cc1. The second-order valence-corrected chi connectivity index (χ2v) is 10.5. The number of methoxy groups -OCH3 is 1. The molecule has 13 heteroatoms. The van der Waals surface area contributed by atoms with Crippen molar-refractivity contribution in [2.75, 3.05) is 32.6 Å². The second-order valence-electron chi connectivity index (χ2n) is 10.0. The first-order chi connectivity index (χ1) is 20.4. The van der Waals surface area contributed by atoms with Crippen LogP contribution < -0.4 is 10.9 Å². The van der Waals surface area contributed by atoms with Gasteiger partial charge in [0.1, 0.15) is 12.2 Å². The lowest BCUT2D eigenvalue weighted by molar-refractivity contribution is 0.165. The number of anilines is 1. The van der Waals surface area contributed by atoms with Gasteiger partial charge in [-0.25, -0.2) is 9.78 Å². The fourth-order valence-corrected chi connectivity index (χ4v) is 5.33. The number of hydrogen-bond acceptors (Lipinski definition) is 7. The Morgan fingerprint density at radius 2 is 2.00 bits per heavy atom. The number of tetrazole rings is 1. The van der Waals surface area contributed by atoms with E-state index in [-0.39, 0.29) is 17.6 Å². The van der Waals surface area contributed by atoms with E-state index in [9.17, 15) is 9.59 Å². The molecule has 1 aliphatic rings. The molecule has 0 unspecified atom stereocenters. The number of imidazole rings is 1. The Morgan fingerprint density at radius 3 is 2.76 bits per heavy atom. The summed E-state index contributed by atoms with van der Waals surface area (Å²) in [5.74, 6) is 0.716. The molecule has 0 radical (unpaired) electrons. The molecular weight excluding hydrogens is 558 g/mol. The molecule has 0 aliphatic carbocycles. The van der Waals surface area contributed by atoms with E-state index < -0.39 is 0 Å². The van der Waals surface area contributed by atoms with Gasteiger partial charge in [-0.2, -0.15) is 4.68 Å². The number of urea groups is 1. The first-order valence-electron chi connectivity index (χ1n) is 13.4. The van der Waals surface area contributed by atoms with Crippen LogP contribution in [0.1, 0.15) is 24.0 Å². The Hall–Kier alpha value is -4.81. The van der Waals surface area contributed by atoms with Gasteiger partial charge >= 0.3 is 6.03 Å². The third-order valence-corrected chi connectivity index (χ3v) is 7.57. The molecule has 5 aromatic rings. The lowest BCUT2D eigenvalue weighted by atomic mass is 10.0. The maximum atomic E-state index is 13.5. The number of aromatic nitrogens is 7. The van der Waals surface area contributed by atoms with Gasteiger partial charge in [0.05, 0.1) is 30.2 Å². The van der Waals surface area contributed by atoms with Gasteiger partial charge < -0.3 is 24.5 Å². The third-order valence-electron chi connectivity index (χ3n) is 7.33. The van der Waals surface area contributed by atoms with Gasteiger partial charge in [0, 0.05) is 48.7 Å². The van der Waals surface area contributed by atoms with E-state index in [1.807, 2.05) is 42.5 Å². The molecule has 1 atom stereocenters. The van der Waals surface area contributed by atoms with Gasteiger partial charge in [-0.15, -0.1) is 5.10 Å². The van der Waals surface area contributed by atoms with Crippen LogP contribution in [0.15, 0.2) is 71.9 Å². The summed E-state index contributed by atoms with van der Waals surface area (Å²) in [6.07, 6.45) is 4.73. The standard InChI is InChI=1S/C29H28ClN9O3/c1-37(11-12-42-2)29(41)33-21-6-3-18(4-7-21)24-16-31-28(34-24)26-10-8-22-13-19(14-27(40)39(22)26)23-15-20(30)5-9-25(23)38-17-32-35-36-38/h3-7,9,13-17,26H,8,10-12H2,1-2H3,(H,31,34)(H,33,41)/t26-/m0/s1. The molecule has 4 heterocycles. The molecular formula is C29H28ClN9O3. The maximum absolute atomic E-state index is 13.5. The Morgan fingerprint density at radius 1 is 1.17 bits per heavy atom. The van der Waals surface area contributed by atoms with Gasteiger partial charge in [0.2, 0.25) is 0 Å². The fraction of sp³-hybridized carbons (Fsp3) is 0.241. The molecule has 6 rings (SSSR count). The minimum atomic E-state index is -0.213. The Bertz CT molecular complexity index is 1780. The number of ether oxygens (including phenoxy) is 1. The van der Waals surface area contributed by atoms with Crippen molar-refractivity contribution in [1.29, 1.82) is 0 Å². The number of fused-ring (bicyclic) bond motifs is 1. The van der Waals surface area contributed by atoms with Gasteiger partial charge in [-0.05, 0) is 70.8 Å². The normalized spacial score (nSPS) is 14.1. The number of hydrogen-bond donors (Lipinski definition) is 2. The lowest BCUT2D eigenvalue weighted by Crippen LogP contribution is -2.33. The summed E-state index contributed by atoms with van der Waals surface area (Å²) in [5, 5.41) is 14.9. The summed E-state index contributed by atoms with van der Waals surface area (Å²) in [5.41, 5.74) is 5.45. The van der Waals surface area contributed by atoms with E-state index >= 15 is 0 Å². The highest BCUT2D eigenvalue weighted by Gasteiger charge is 2.28. The fourth-order valence-electron chi connectivity index (χ4n) is 5.15. The van der Waals surface area contributed by atoms with E-state index in [0.29, 0.717) is 29.7 Å². The minimum Gasteiger partial charge on any atom is -0.383 e. The number of likely N-dealkylation sites (N-methyl/N-ethyl adjacent to an activating group) is 1. The van der Waals surface area contributed by atoms with Crippen molar-refractivity contribution in [3.8, 4) is 28.1 Å². The largest absolute Gasteiger partial charge is 0.383 e. The zero-order valence-electron chi connectivity index (χ0n) is 23.0. The molecule has 3 aromatic heterocycles. The van der Waals surface area contributed by atoms with Crippen molar-refractivity contribution in [3.05, 3.63) is 94.0 Å². The number of carbonyl (C=O) groups excluding carboxylic acids is 1. The molecule has 1 aliphatic heterocycles. The van der Waals surface area contributed by atoms with Gasteiger partial charge in [-0.3, -0.25) is 4.79 Å². The summed E-state index contributed by atoms with van der Waals surface area (Å²) < 4.78 is 8.37. The van der Waals surface area contributed by atoms with E-state index in [0.717, 1.165) is 46.6 Å². The first-order valence-corrected chi connectivity index (χ1v) is 13.7. The number of rotatable bonds is 8. The summed E-state index contributed by atoms with van der Waals surface area (Å²) in [4.78, 5) is 35.4. The van der Waals surface area contributed by atoms with Crippen LogP contribution in [0.2, 0.25) is 5.02 Å². The summed E-state index contributed by atoms with van der Waals surface area (Å²) in [7, 11) is 3.32. The van der Waals surface area contributed by atoms with E-state index in [1.54, 1.807) is 46.6 Å². The zero-order chi connectivity index (χ0) is 29.2. The Kier molecular flexibility index (Phi) is 7.55. The maximum Gasteiger partial charge on any atom is 0.321 e. The van der Waals surface area contributed by atoms with Gasteiger partial charge in [-0.1, -0.05) is 23.7 Å². The molecule has 2 N–H and O–H groups in total.